The lowest BCUT2D eigenvalue weighted by Crippen LogP contribution is -2.09. The molecular weight excluding hydrogens is 214 g/mol. The Kier molecular flexibility index (Phi) is 5.45. The standard InChI is InChI=1S/C14H23NO2/c1-5-11-6-7-12(10(2)3)13(8-9-17-15)14(11)16-4/h6-7,10H,5,8-9,15H2,1-4H3. The Bertz CT molecular complexity index is 361. The lowest BCUT2D eigenvalue weighted by atomic mass is 9.92. The molecule has 0 radical (unpaired) electrons. The summed E-state index contributed by atoms with van der Waals surface area (Å²) in [7, 11) is 1.73. The van der Waals surface area contributed by atoms with E-state index in [1.54, 1.807) is 7.11 Å². The minimum atomic E-state index is 0.475. The molecule has 0 spiro atoms. The molecule has 0 aliphatic rings. The van der Waals surface area contributed by atoms with Gasteiger partial charge in [-0.25, -0.2) is 5.90 Å². The largest absolute Gasteiger partial charge is 0.496 e. The maximum absolute atomic E-state index is 5.56. The Morgan fingerprint density at radius 1 is 1.29 bits per heavy atom. The van der Waals surface area contributed by atoms with E-state index in [1.807, 2.05) is 0 Å². The zero-order valence-corrected chi connectivity index (χ0v) is 11.2. The SMILES string of the molecule is CCc1ccc(C(C)C)c(CCON)c1OC. The van der Waals surface area contributed by atoms with Crippen LogP contribution in [-0.2, 0) is 17.7 Å². The van der Waals surface area contributed by atoms with Crippen LogP contribution in [0.15, 0.2) is 12.1 Å². The van der Waals surface area contributed by atoms with Gasteiger partial charge in [0.25, 0.3) is 0 Å². The van der Waals surface area contributed by atoms with E-state index in [0.29, 0.717) is 12.5 Å². The topological polar surface area (TPSA) is 44.5 Å². The fraction of sp³-hybridized carbons (Fsp3) is 0.571. The van der Waals surface area contributed by atoms with Gasteiger partial charge in [0.2, 0.25) is 0 Å². The van der Waals surface area contributed by atoms with Crippen LogP contribution in [0.4, 0.5) is 0 Å². The Hall–Kier alpha value is -1.06. The summed E-state index contributed by atoms with van der Waals surface area (Å²) < 4.78 is 5.56. The van der Waals surface area contributed by atoms with Crippen molar-refractivity contribution in [3.8, 4) is 5.75 Å². The molecule has 0 aliphatic heterocycles. The van der Waals surface area contributed by atoms with Crippen LogP contribution in [0.5, 0.6) is 5.75 Å². The first-order valence-electron chi connectivity index (χ1n) is 6.16. The normalized spacial score (nSPS) is 10.9. The quantitative estimate of drug-likeness (QED) is 0.774. The third-order valence-electron chi connectivity index (χ3n) is 3.06. The molecule has 0 bridgehead atoms. The van der Waals surface area contributed by atoms with Crippen LogP contribution in [-0.4, -0.2) is 13.7 Å². The third-order valence-corrected chi connectivity index (χ3v) is 3.06. The highest BCUT2D eigenvalue weighted by molar-refractivity contribution is 5.48. The average Bonchev–Trinajstić information content (AvgIpc) is 2.34. The van der Waals surface area contributed by atoms with E-state index in [1.165, 1.54) is 16.7 Å². The van der Waals surface area contributed by atoms with Crippen LogP contribution in [0.25, 0.3) is 0 Å². The van der Waals surface area contributed by atoms with Gasteiger partial charge < -0.3 is 9.57 Å². The van der Waals surface area contributed by atoms with Crippen LogP contribution < -0.4 is 10.6 Å². The lowest BCUT2D eigenvalue weighted by Gasteiger charge is -2.19. The molecule has 0 aromatic heterocycles. The van der Waals surface area contributed by atoms with E-state index in [-0.39, 0.29) is 0 Å². The first kappa shape index (κ1) is 14.0. The van der Waals surface area contributed by atoms with Crippen molar-refractivity contribution in [2.75, 3.05) is 13.7 Å². The summed E-state index contributed by atoms with van der Waals surface area (Å²) in [6.07, 6.45) is 1.76. The second kappa shape index (κ2) is 6.62. The van der Waals surface area contributed by atoms with E-state index >= 15 is 0 Å². The molecule has 0 heterocycles. The number of hydrogen-bond donors (Lipinski definition) is 1. The maximum atomic E-state index is 5.56. The summed E-state index contributed by atoms with van der Waals surface area (Å²) >= 11 is 0. The first-order valence-corrected chi connectivity index (χ1v) is 6.16. The third kappa shape index (κ3) is 3.20. The molecule has 1 aromatic carbocycles. The number of hydrogen-bond acceptors (Lipinski definition) is 3. The van der Waals surface area contributed by atoms with Gasteiger partial charge in [-0.1, -0.05) is 32.9 Å². The zero-order chi connectivity index (χ0) is 12.8. The Morgan fingerprint density at radius 3 is 2.47 bits per heavy atom. The molecule has 3 heteroatoms. The molecule has 0 atom stereocenters. The van der Waals surface area contributed by atoms with Crippen molar-refractivity contribution in [2.45, 2.75) is 39.5 Å². The average molecular weight is 237 g/mol. The molecule has 3 nitrogen and oxygen atoms in total. The van der Waals surface area contributed by atoms with Gasteiger partial charge in [0, 0.05) is 12.0 Å². The summed E-state index contributed by atoms with van der Waals surface area (Å²) in [5, 5.41) is 0. The minimum absolute atomic E-state index is 0.475. The molecule has 96 valence electrons. The van der Waals surface area contributed by atoms with Gasteiger partial charge in [-0.2, -0.15) is 0 Å². The van der Waals surface area contributed by atoms with Crippen molar-refractivity contribution in [1.29, 1.82) is 0 Å². The summed E-state index contributed by atoms with van der Waals surface area (Å²) in [5.74, 6) is 6.59. The van der Waals surface area contributed by atoms with E-state index in [2.05, 4.69) is 32.9 Å². The number of ether oxygens (including phenoxy) is 1. The molecule has 1 aromatic rings. The van der Waals surface area contributed by atoms with Crippen molar-refractivity contribution < 1.29 is 9.57 Å². The van der Waals surface area contributed by atoms with E-state index in [9.17, 15) is 0 Å². The van der Waals surface area contributed by atoms with Gasteiger partial charge in [0.1, 0.15) is 5.75 Å². The van der Waals surface area contributed by atoms with Crippen LogP contribution in [0, 0.1) is 0 Å². The second-order valence-corrected chi connectivity index (χ2v) is 4.45. The number of nitrogens with two attached hydrogens (primary N) is 1. The van der Waals surface area contributed by atoms with Crippen molar-refractivity contribution in [2.24, 2.45) is 5.90 Å². The summed E-state index contributed by atoms with van der Waals surface area (Å²) in [4.78, 5) is 4.70. The fourth-order valence-electron chi connectivity index (χ4n) is 2.18. The molecule has 0 aliphatic carbocycles. The second-order valence-electron chi connectivity index (χ2n) is 4.45. The van der Waals surface area contributed by atoms with Gasteiger partial charge in [0.05, 0.1) is 13.7 Å². The highest BCUT2D eigenvalue weighted by Gasteiger charge is 2.15. The fourth-order valence-corrected chi connectivity index (χ4v) is 2.18. The van der Waals surface area contributed by atoms with Crippen LogP contribution in [0.2, 0.25) is 0 Å². The maximum Gasteiger partial charge on any atom is 0.125 e. The van der Waals surface area contributed by atoms with Gasteiger partial charge in [-0.15, -0.1) is 0 Å². The molecule has 1 rings (SSSR count). The highest BCUT2D eigenvalue weighted by atomic mass is 16.6. The predicted octanol–water partition coefficient (Wildman–Crippen LogP) is 2.81. The van der Waals surface area contributed by atoms with E-state index in [4.69, 9.17) is 15.5 Å². The Morgan fingerprint density at radius 2 is 2.00 bits per heavy atom. The lowest BCUT2D eigenvalue weighted by molar-refractivity contribution is 0.140. The number of benzene rings is 1. The monoisotopic (exact) mass is 237 g/mol. The highest BCUT2D eigenvalue weighted by Crippen LogP contribution is 2.32. The predicted molar refractivity (Wildman–Crippen MR) is 70.3 cm³/mol. The minimum Gasteiger partial charge on any atom is -0.496 e. The van der Waals surface area contributed by atoms with Crippen LogP contribution >= 0.6 is 0 Å². The molecule has 2 N–H and O–H groups in total. The van der Waals surface area contributed by atoms with Crippen LogP contribution in [0.3, 0.4) is 0 Å². The Labute approximate surface area is 104 Å². The zero-order valence-electron chi connectivity index (χ0n) is 11.2. The van der Waals surface area contributed by atoms with Crippen molar-refractivity contribution >= 4 is 0 Å². The smallest absolute Gasteiger partial charge is 0.125 e. The van der Waals surface area contributed by atoms with Crippen molar-refractivity contribution in [1.82, 2.24) is 0 Å². The van der Waals surface area contributed by atoms with Gasteiger partial charge in [-0.05, 0) is 23.5 Å². The molecule has 0 amide bonds. The summed E-state index contributed by atoms with van der Waals surface area (Å²) in [6.45, 7) is 7.03. The molecule has 0 saturated heterocycles. The molecule has 0 fully saturated rings. The molecular formula is C14H23NO2. The number of rotatable bonds is 6. The molecule has 17 heavy (non-hydrogen) atoms. The van der Waals surface area contributed by atoms with E-state index in [0.717, 1.165) is 18.6 Å². The van der Waals surface area contributed by atoms with E-state index < -0.39 is 0 Å². The summed E-state index contributed by atoms with van der Waals surface area (Å²) in [5.41, 5.74) is 3.78. The van der Waals surface area contributed by atoms with Crippen LogP contribution in [0.1, 0.15) is 43.4 Å². The Balaban J connectivity index is 3.23. The number of methoxy groups -OCH3 is 1. The first-order chi connectivity index (χ1) is 8.15. The summed E-state index contributed by atoms with van der Waals surface area (Å²) in [6, 6.07) is 4.35. The molecule has 0 unspecified atom stereocenters. The van der Waals surface area contributed by atoms with Gasteiger partial charge in [-0.3, -0.25) is 0 Å². The van der Waals surface area contributed by atoms with Gasteiger partial charge >= 0.3 is 0 Å². The van der Waals surface area contributed by atoms with Crippen molar-refractivity contribution in [3.05, 3.63) is 28.8 Å². The molecule has 0 saturated carbocycles. The van der Waals surface area contributed by atoms with Gasteiger partial charge in [0.15, 0.2) is 0 Å². The number of aryl methyl sites for hydroxylation is 1. The van der Waals surface area contributed by atoms with Crippen molar-refractivity contribution in [3.63, 3.8) is 0 Å².